The number of hydrogen-bond acceptors (Lipinski definition) is 4. The van der Waals surface area contributed by atoms with Crippen LogP contribution in [-0.2, 0) is 13.1 Å². The molecule has 3 aromatic rings. The number of benzene rings is 2. The Morgan fingerprint density at radius 1 is 1.09 bits per heavy atom. The van der Waals surface area contributed by atoms with E-state index in [-0.39, 0.29) is 0 Å². The maximum absolute atomic E-state index is 6.00. The van der Waals surface area contributed by atoms with Crippen LogP contribution >= 0.6 is 11.6 Å². The summed E-state index contributed by atoms with van der Waals surface area (Å²) < 4.78 is 5.35. The SMILES string of the molecule is Cc1ccccc1CN(C)Cc1nc(-c2cccc(Cl)c2)no1. The van der Waals surface area contributed by atoms with Gasteiger partial charge in [0.15, 0.2) is 0 Å². The van der Waals surface area contributed by atoms with E-state index in [0.717, 1.165) is 12.1 Å². The summed E-state index contributed by atoms with van der Waals surface area (Å²) in [5.74, 6) is 1.16. The number of halogens is 1. The van der Waals surface area contributed by atoms with Crippen LogP contribution in [0.15, 0.2) is 53.1 Å². The van der Waals surface area contributed by atoms with Crippen molar-refractivity contribution in [2.45, 2.75) is 20.0 Å². The van der Waals surface area contributed by atoms with E-state index in [2.05, 4.69) is 40.2 Å². The van der Waals surface area contributed by atoms with Crippen molar-refractivity contribution in [3.05, 3.63) is 70.6 Å². The maximum Gasteiger partial charge on any atom is 0.241 e. The van der Waals surface area contributed by atoms with Gasteiger partial charge in [-0.3, -0.25) is 4.90 Å². The second kappa shape index (κ2) is 6.94. The van der Waals surface area contributed by atoms with Crippen LogP contribution in [0, 0.1) is 6.92 Å². The molecule has 0 aliphatic carbocycles. The molecule has 0 N–H and O–H groups in total. The van der Waals surface area contributed by atoms with Crippen molar-refractivity contribution in [2.24, 2.45) is 0 Å². The molecule has 118 valence electrons. The fraction of sp³-hybridized carbons (Fsp3) is 0.222. The minimum Gasteiger partial charge on any atom is -0.338 e. The van der Waals surface area contributed by atoms with Crippen molar-refractivity contribution in [1.82, 2.24) is 15.0 Å². The maximum atomic E-state index is 6.00. The van der Waals surface area contributed by atoms with Gasteiger partial charge in [-0.25, -0.2) is 0 Å². The molecule has 1 heterocycles. The summed E-state index contributed by atoms with van der Waals surface area (Å²) in [6.45, 7) is 3.55. The Morgan fingerprint density at radius 2 is 1.91 bits per heavy atom. The molecule has 3 rings (SSSR count). The zero-order chi connectivity index (χ0) is 16.2. The predicted octanol–water partition coefficient (Wildman–Crippen LogP) is 4.33. The van der Waals surface area contributed by atoms with Gasteiger partial charge in [-0.2, -0.15) is 4.98 Å². The van der Waals surface area contributed by atoms with Crippen LogP contribution < -0.4 is 0 Å². The van der Waals surface area contributed by atoms with Gasteiger partial charge in [0.2, 0.25) is 11.7 Å². The number of nitrogens with zero attached hydrogens (tertiary/aromatic N) is 3. The number of aromatic nitrogens is 2. The second-order valence-electron chi connectivity index (χ2n) is 5.62. The minimum atomic E-state index is 0.562. The molecule has 0 bridgehead atoms. The van der Waals surface area contributed by atoms with E-state index in [1.807, 2.05) is 37.4 Å². The van der Waals surface area contributed by atoms with Crippen LogP contribution in [0.5, 0.6) is 0 Å². The highest BCUT2D eigenvalue weighted by Crippen LogP contribution is 2.20. The van der Waals surface area contributed by atoms with E-state index in [9.17, 15) is 0 Å². The summed E-state index contributed by atoms with van der Waals surface area (Å²) in [4.78, 5) is 6.60. The van der Waals surface area contributed by atoms with Gasteiger partial charge in [-0.05, 0) is 37.2 Å². The Hall–Kier alpha value is -2.17. The molecular weight excluding hydrogens is 310 g/mol. The molecule has 0 atom stereocenters. The first-order valence-corrected chi connectivity index (χ1v) is 7.81. The summed E-state index contributed by atoms with van der Waals surface area (Å²) in [5.41, 5.74) is 3.43. The Bertz CT molecular complexity index is 800. The molecule has 2 aromatic carbocycles. The number of aryl methyl sites for hydroxylation is 1. The van der Waals surface area contributed by atoms with Gasteiger partial charge in [0.25, 0.3) is 0 Å². The summed E-state index contributed by atoms with van der Waals surface area (Å²) >= 11 is 6.00. The Morgan fingerprint density at radius 3 is 2.70 bits per heavy atom. The van der Waals surface area contributed by atoms with E-state index in [1.54, 1.807) is 0 Å². The molecule has 5 heteroatoms. The van der Waals surface area contributed by atoms with Crippen LogP contribution in [0.3, 0.4) is 0 Å². The lowest BCUT2D eigenvalue weighted by Gasteiger charge is -2.15. The van der Waals surface area contributed by atoms with Crippen LogP contribution in [0.1, 0.15) is 17.0 Å². The summed E-state index contributed by atoms with van der Waals surface area (Å²) in [6.07, 6.45) is 0. The molecule has 0 spiro atoms. The van der Waals surface area contributed by atoms with Gasteiger partial charge in [0, 0.05) is 17.1 Å². The highest BCUT2D eigenvalue weighted by atomic mass is 35.5. The first kappa shape index (κ1) is 15.7. The minimum absolute atomic E-state index is 0.562. The monoisotopic (exact) mass is 327 g/mol. The molecule has 0 amide bonds. The molecule has 0 unspecified atom stereocenters. The largest absolute Gasteiger partial charge is 0.338 e. The molecule has 1 aromatic heterocycles. The molecule has 4 nitrogen and oxygen atoms in total. The van der Waals surface area contributed by atoms with Crippen molar-refractivity contribution >= 4 is 11.6 Å². The fourth-order valence-electron chi connectivity index (χ4n) is 2.43. The third kappa shape index (κ3) is 3.97. The van der Waals surface area contributed by atoms with Crippen LogP contribution in [0.4, 0.5) is 0 Å². The quantitative estimate of drug-likeness (QED) is 0.699. The first-order valence-electron chi connectivity index (χ1n) is 7.43. The van der Waals surface area contributed by atoms with Gasteiger partial charge >= 0.3 is 0 Å². The van der Waals surface area contributed by atoms with Crippen molar-refractivity contribution in [3.63, 3.8) is 0 Å². The number of rotatable bonds is 5. The van der Waals surface area contributed by atoms with Crippen LogP contribution in [0.25, 0.3) is 11.4 Å². The molecular formula is C18H18ClN3O. The first-order chi connectivity index (χ1) is 11.1. The van der Waals surface area contributed by atoms with Gasteiger partial charge in [0.05, 0.1) is 6.54 Å². The highest BCUT2D eigenvalue weighted by molar-refractivity contribution is 6.30. The van der Waals surface area contributed by atoms with Crippen molar-refractivity contribution < 1.29 is 4.52 Å². The van der Waals surface area contributed by atoms with Crippen molar-refractivity contribution in [3.8, 4) is 11.4 Å². The van der Waals surface area contributed by atoms with E-state index in [4.69, 9.17) is 16.1 Å². The molecule has 0 saturated heterocycles. The smallest absolute Gasteiger partial charge is 0.241 e. The molecule has 23 heavy (non-hydrogen) atoms. The predicted molar refractivity (Wildman–Crippen MR) is 91.1 cm³/mol. The van der Waals surface area contributed by atoms with Gasteiger partial charge in [-0.15, -0.1) is 0 Å². The average Bonchev–Trinajstić information content (AvgIpc) is 2.98. The van der Waals surface area contributed by atoms with Gasteiger partial charge < -0.3 is 4.52 Å². The summed E-state index contributed by atoms with van der Waals surface area (Å²) in [6, 6.07) is 15.8. The Kier molecular flexibility index (Phi) is 4.74. The Balaban J connectivity index is 1.68. The third-order valence-electron chi connectivity index (χ3n) is 3.66. The lowest BCUT2D eigenvalue weighted by Crippen LogP contribution is -2.18. The zero-order valence-electron chi connectivity index (χ0n) is 13.2. The highest BCUT2D eigenvalue weighted by Gasteiger charge is 2.12. The van der Waals surface area contributed by atoms with Crippen LogP contribution in [0.2, 0.25) is 5.02 Å². The topological polar surface area (TPSA) is 42.2 Å². The number of hydrogen-bond donors (Lipinski definition) is 0. The normalized spacial score (nSPS) is 11.1. The van der Waals surface area contributed by atoms with E-state index in [0.29, 0.717) is 23.3 Å². The van der Waals surface area contributed by atoms with E-state index >= 15 is 0 Å². The van der Waals surface area contributed by atoms with Gasteiger partial charge in [0.1, 0.15) is 0 Å². The summed E-state index contributed by atoms with van der Waals surface area (Å²) in [7, 11) is 2.04. The molecule has 0 aliphatic heterocycles. The van der Waals surface area contributed by atoms with E-state index in [1.165, 1.54) is 11.1 Å². The Labute approximate surface area is 140 Å². The molecule has 0 aliphatic rings. The van der Waals surface area contributed by atoms with Gasteiger partial charge in [-0.1, -0.05) is 53.2 Å². The summed E-state index contributed by atoms with van der Waals surface area (Å²) in [5, 5.41) is 4.69. The molecule has 0 saturated carbocycles. The fourth-order valence-corrected chi connectivity index (χ4v) is 2.62. The van der Waals surface area contributed by atoms with E-state index < -0.39 is 0 Å². The average molecular weight is 328 g/mol. The zero-order valence-corrected chi connectivity index (χ0v) is 13.9. The third-order valence-corrected chi connectivity index (χ3v) is 3.89. The lowest BCUT2D eigenvalue weighted by molar-refractivity contribution is 0.260. The standard InChI is InChI=1S/C18H18ClN3O/c1-13-6-3-4-7-15(13)11-22(2)12-17-20-18(21-23-17)14-8-5-9-16(19)10-14/h3-10H,11-12H2,1-2H3. The second-order valence-corrected chi connectivity index (χ2v) is 6.06. The molecule has 0 radical (unpaired) electrons. The molecule has 0 fully saturated rings. The lowest BCUT2D eigenvalue weighted by atomic mass is 10.1. The van der Waals surface area contributed by atoms with Crippen molar-refractivity contribution in [1.29, 1.82) is 0 Å². The van der Waals surface area contributed by atoms with Crippen molar-refractivity contribution in [2.75, 3.05) is 7.05 Å². The van der Waals surface area contributed by atoms with Crippen LogP contribution in [-0.4, -0.2) is 22.1 Å².